The maximum absolute atomic E-state index is 11.6. The van der Waals surface area contributed by atoms with Crippen LogP contribution in [0, 0.1) is 0 Å². The third-order valence-corrected chi connectivity index (χ3v) is 3.41. The van der Waals surface area contributed by atoms with Gasteiger partial charge in [0.2, 0.25) is 0 Å². The van der Waals surface area contributed by atoms with E-state index in [1.807, 2.05) is 13.0 Å². The Morgan fingerprint density at radius 1 is 1.60 bits per heavy atom. The number of halogens is 1. The van der Waals surface area contributed by atoms with Gasteiger partial charge in [-0.3, -0.25) is 4.79 Å². The fraction of sp³-hybridized carbons (Fsp3) is 0.500. The average Bonchev–Trinajstić information content (AvgIpc) is 2.62. The standard InChI is InChI=1S/C10H13BrO3S/c1-7(5-13-2)14-6-8(12)9-3-4-10(11)15-9/h3-4,7H,5-6H2,1-2H3. The van der Waals surface area contributed by atoms with Crippen molar-refractivity contribution in [1.82, 2.24) is 0 Å². The molecule has 84 valence electrons. The first-order valence-electron chi connectivity index (χ1n) is 4.52. The van der Waals surface area contributed by atoms with Crippen molar-refractivity contribution in [2.75, 3.05) is 20.3 Å². The van der Waals surface area contributed by atoms with Crippen LogP contribution in [0.2, 0.25) is 0 Å². The minimum Gasteiger partial charge on any atom is -0.382 e. The van der Waals surface area contributed by atoms with Gasteiger partial charge in [-0.05, 0) is 35.0 Å². The van der Waals surface area contributed by atoms with E-state index in [1.54, 1.807) is 13.2 Å². The summed E-state index contributed by atoms with van der Waals surface area (Å²) in [5.41, 5.74) is 0. The normalized spacial score (nSPS) is 12.7. The second kappa shape index (κ2) is 6.37. The van der Waals surface area contributed by atoms with Crippen molar-refractivity contribution >= 4 is 33.0 Å². The summed E-state index contributed by atoms with van der Waals surface area (Å²) in [6.07, 6.45) is -0.0534. The van der Waals surface area contributed by atoms with Crippen molar-refractivity contribution in [3.63, 3.8) is 0 Å². The van der Waals surface area contributed by atoms with Crippen molar-refractivity contribution in [2.45, 2.75) is 13.0 Å². The molecule has 1 atom stereocenters. The molecule has 3 nitrogen and oxygen atoms in total. The molecule has 0 aromatic carbocycles. The van der Waals surface area contributed by atoms with E-state index in [1.165, 1.54) is 11.3 Å². The Kier molecular flexibility index (Phi) is 5.45. The van der Waals surface area contributed by atoms with Gasteiger partial charge in [0.25, 0.3) is 0 Å². The Balaban J connectivity index is 2.36. The van der Waals surface area contributed by atoms with Crippen LogP contribution in [-0.4, -0.2) is 32.2 Å². The van der Waals surface area contributed by atoms with Crippen LogP contribution in [-0.2, 0) is 9.47 Å². The number of hydrogen-bond donors (Lipinski definition) is 0. The molecule has 0 aliphatic carbocycles. The van der Waals surface area contributed by atoms with Gasteiger partial charge in [-0.15, -0.1) is 11.3 Å². The lowest BCUT2D eigenvalue weighted by Gasteiger charge is -2.10. The van der Waals surface area contributed by atoms with E-state index in [2.05, 4.69) is 15.9 Å². The molecular formula is C10H13BrO3S. The lowest BCUT2D eigenvalue weighted by Crippen LogP contribution is -2.19. The molecule has 0 saturated carbocycles. The van der Waals surface area contributed by atoms with Gasteiger partial charge in [0.15, 0.2) is 5.78 Å². The molecule has 0 spiro atoms. The number of carbonyl (C=O) groups is 1. The van der Waals surface area contributed by atoms with Crippen LogP contribution in [0.4, 0.5) is 0 Å². The molecule has 0 aliphatic heterocycles. The Labute approximate surface area is 102 Å². The summed E-state index contributed by atoms with van der Waals surface area (Å²) in [6, 6.07) is 3.65. The third-order valence-electron chi connectivity index (χ3n) is 1.75. The number of ether oxygens (including phenoxy) is 2. The zero-order valence-electron chi connectivity index (χ0n) is 8.66. The van der Waals surface area contributed by atoms with E-state index in [9.17, 15) is 4.79 Å². The van der Waals surface area contributed by atoms with E-state index in [4.69, 9.17) is 9.47 Å². The molecule has 0 fully saturated rings. The molecule has 1 aromatic rings. The van der Waals surface area contributed by atoms with Gasteiger partial charge in [-0.1, -0.05) is 0 Å². The maximum Gasteiger partial charge on any atom is 0.198 e. The average molecular weight is 293 g/mol. The number of hydrogen-bond acceptors (Lipinski definition) is 4. The second-order valence-electron chi connectivity index (χ2n) is 3.10. The van der Waals surface area contributed by atoms with Crippen LogP contribution < -0.4 is 0 Å². The summed E-state index contributed by atoms with van der Waals surface area (Å²) in [5.74, 6) is 0.00801. The Hall–Kier alpha value is -0.230. The zero-order valence-corrected chi connectivity index (χ0v) is 11.1. The Morgan fingerprint density at radius 2 is 2.33 bits per heavy atom. The first kappa shape index (κ1) is 12.8. The summed E-state index contributed by atoms with van der Waals surface area (Å²) in [4.78, 5) is 12.3. The molecule has 5 heteroatoms. The number of carbonyl (C=O) groups excluding carboxylic acids is 1. The first-order valence-corrected chi connectivity index (χ1v) is 6.13. The predicted molar refractivity (Wildman–Crippen MR) is 63.6 cm³/mol. The summed E-state index contributed by atoms with van der Waals surface area (Å²) < 4.78 is 11.2. The number of rotatable bonds is 6. The minimum absolute atomic E-state index is 0.00801. The molecule has 1 aromatic heterocycles. The molecule has 1 rings (SSSR count). The fourth-order valence-corrected chi connectivity index (χ4v) is 2.35. The fourth-order valence-electron chi connectivity index (χ4n) is 1.04. The number of thiophene rings is 1. The van der Waals surface area contributed by atoms with Crippen molar-refractivity contribution in [3.05, 3.63) is 20.8 Å². The Bertz CT molecular complexity index is 324. The van der Waals surface area contributed by atoms with E-state index in [0.717, 1.165) is 3.79 Å². The van der Waals surface area contributed by atoms with Crippen molar-refractivity contribution in [2.24, 2.45) is 0 Å². The number of Topliss-reactive ketones (excluding diaryl/α,β-unsaturated/α-hetero) is 1. The quantitative estimate of drug-likeness (QED) is 0.757. The van der Waals surface area contributed by atoms with Gasteiger partial charge < -0.3 is 9.47 Å². The summed E-state index contributed by atoms with van der Waals surface area (Å²) >= 11 is 4.73. The van der Waals surface area contributed by atoms with Crippen molar-refractivity contribution in [1.29, 1.82) is 0 Å². The molecule has 0 N–H and O–H groups in total. The SMILES string of the molecule is COCC(C)OCC(=O)c1ccc(Br)s1. The highest BCUT2D eigenvalue weighted by molar-refractivity contribution is 9.11. The monoisotopic (exact) mass is 292 g/mol. The van der Waals surface area contributed by atoms with E-state index in [-0.39, 0.29) is 18.5 Å². The van der Waals surface area contributed by atoms with E-state index >= 15 is 0 Å². The summed E-state index contributed by atoms with van der Waals surface area (Å²) in [7, 11) is 1.61. The van der Waals surface area contributed by atoms with Gasteiger partial charge in [0.1, 0.15) is 6.61 Å². The highest BCUT2D eigenvalue weighted by Gasteiger charge is 2.10. The number of ketones is 1. The highest BCUT2D eigenvalue weighted by Crippen LogP contribution is 2.22. The minimum atomic E-state index is -0.0534. The zero-order chi connectivity index (χ0) is 11.3. The summed E-state index contributed by atoms with van der Waals surface area (Å²) in [6.45, 7) is 2.49. The van der Waals surface area contributed by atoms with Crippen LogP contribution in [0.15, 0.2) is 15.9 Å². The van der Waals surface area contributed by atoms with Crippen molar-refractivity contribution in [3.8, 4) is 0 Å². The lowest BCUT2D eigenvalue weighted by molar-refractivity contribution is 0.0127. The van der Waals surface area contributed by atoms with Crippen molar-refractivity contribution < 1.29 is 14.3 Å². The smallest absolute Gasteiger partial charge is 0.198 e. The van der Waals surface area contributed by atoms with Gasteiger partial charge in [0, 0.05) is 7.11 Å². The third kappa shape index (κ3) is 4.42. The topological polar surface area (TPSA) is 35.5 Å². The molecular weight excluding hydrogens is 280 g/mol. The van der Waals surface area contributed by atoms with E-state index < -0.39 is 0 Å². The largest absolute Gasteiger partial charge is 0.382 e. The maximum atomic E-state index is 11.6. The molecule has 0 radical (unpaired) electrons. The molecule has 1 heterocycles. The van der Waals surface area contributed by atoms with Gasteiger partial charge >= 0.3 is 0 Å². The van der Waals surface area contributed by atoms with Gasteiger partial charge in [0.05, 0.1) is 21.4 Å². The molecule has 0 bridgehead atoms. The highest BCUT2D eigenvalue weighted by atomic mass is 79.9. The van der Waals surface area contributed by atoms with Gasteiger partial charge in [-0.25, -0.2) is 0 Å². The first-order chi connectivity index (χ1) is 7.13. The molecule has 0 amide bonds. The molecule has 0 aliphatic rings. The van der Waals surface area contributed by atoms with Crippen LogP contribution in [0.1, 0.15) is 16.6 Å². The Morgan fingerprint density at radius 3 is 2.87 bits per heavy atom. The molecule has 1 unspecified atom stereocenters. The van der Waals surface area contributed by atoms with Crippen LogP contribution in [0.5, 0.6) is 0 Å². The van der Waals surface area contributed by atoms with E-state index in [0.29, 0.717) is 11.5 Å². The number of methoxy groups -OCH3 is 1. The molecule has 0 saturated heterocycles. The van der Waals surface area contributed by atoms with Crippen LogP contribution >= 0.6 is 27.3 Å². The lowest BCUT2D eigenvalue weighted by atomic mass is 10.3. The van der Waals surface area contributed by atoms with Crippen LogP contribution in [0.3, 0.4) is 0 Å². The van der Waals surface area contributed by atoms with Crippen LogP contribution in [0.25, 0.3) is 0 Å². The summed E-state index contributed by atoms with van der Waals surface area (Å²) in [5, 5.41) is 0. The molecule has 15 heavy (non-hydrogen) atoms. The second-order valence-corrected chi connectivity index (χ2v) is 5.57. The van der Waals surface area contributed by atoms with Gasteiger partial charge in [-0.2, -0.15) is 0 Å². The predicted octanol–water partition coefficient (Wildman–Crippen LogP) is 2.74.